The molecule has 0 radical (unpaired) electrons. The monoisotopic (exact) mass is 241 g/mol. The summed E-state index contributed by atoms with van der Waals surface area (Å²) in [5.74, 6) is -0.758. The Bertz CT molecular complexity index is 391. The Morgan fingerprint density at radius 1 is 1.50 bits per heavy atom. The maximum atomic E-state index is 10.8. The molecule has 3 nitrogen and oxygen atoms in total. The molecule has 0 saturated heterocycles. The van der Waals surface area contributed by atoms with Gasteiger partial charge in [-0.2, -0.15) is 0 Å². The van der Waals surface area contributed by atoms with Crippen LogP contribution in [0.2, 0.25) is 5.02 Å². The molecule has 0 aliphatic carbocycles. The van der Waals surface area contributed by atoms with E-state index in [1.54, 1.807) is 6.07 Å². The molecule has 1 aromatic rings. The number of hydrogen-bond acceptors (Lipinski definition) is 2. The van der Waals surface area contributed by atoms with E-state index in [0.29, 0.717) is 10.7 Å². The van der Waals surface area contributed by atoms with Crippen molar-refractivity contribution in [3.05, 3.63) is 28.5 Å². The first-order chi connectivity index (χ1) is 7.41. The van der Waals surface area contributed by atoms with Crippen LogP contribution in [-0.4, -0.2) is 16.1 Å². The molecule has 1 rings (SSSR count). The smallest absolute Gasteiger partial charge is 0.304 e. The van der Waals surface area contributed by atoms with Gasteiger partial charge in [-0.1, -0.05) is 25.4 Å². The number of hydrogen-bond donors (Lipinski definition) is 1. The molecule has 0 amide bonds. The zero-order valence-corrected chi connectivity index (χ0v) is 10.5. The second-order valence-corrected chi connectivity index (χ2v) is 4.68. The first-order valence-corrected chi connectivity index (χ1v) is 5.64. The molecule has 0 saturated carbocycles. The van der Waals surface area contributed by atoms with Gasteiger partial charge < -0.3 is 5.11 Å². The fourth-order valence-electron chi connectivity index (χ4n) is 1.66. The molecule has 4 heteroatoms. The largest absolute Gasteiger partial charge is 0.481 e. The quantitative estimate of drug-likeness (QED) is 0.880. The Hall–Kier alpha value is -1.09. The third-order valence-electron chi connectivity index (χ3n) is 2.56. The lowest BCUT2D eigenvalue weighted by molar-refractivity contribution is -0.137. The summed E-state index contributed by atoms with van der Waals surface area (Å²) in [6.45, 7) is 5.83. The van der Waals surface area contributed by atoms with Crippen molar-refractivity contribution in [2.24, 2.45) is 5.92 Å². The van der Waals surface area contributed by atoms with Crippen LogP contribution >= 0.6 is 11.6 Å². The Kier molecular flexibility index (Phi) is 4.30. The number of pyridine rings is 1. The molecular weight excluding hydrogens is 226 g/mol. The third kappa shape index (κ3) is 3.20. The second kappa shape index (κ2) is 5.30. The predicted octanol–water partition coefficient (Wildman–Crippen LogP) is 3.26. The lowest BCUT2D eigenvalue weighted by Crippen LogP contribution is -2.14. The molecule has 0 aliphatic heterocycles. The lowest BCUT2D eigenvalue weighted by Gasteiger charge is -2.19. The lowest BCUT2D eigenvalue weighted by atomic mass is 9.89. The van der Waals surface area contributed by atoms with Crippen molar-refractivity contribution in [3.8, 4) is 0 Å². The summed E-state index contributed by atoms with van der Waals surface area (Å²) in [6, 6.07) is 3.60. The Morgan fingerprint density at radius 3 is 2.62 bits per heavy atom. The van der Waals surface area contributed by atoms with Crippen molar-refractivity contribution < 1.29 is 9.90 Å². The number of aromatic nitrogens is 1. The standard InChI is InChI=1S/C12H16ClNO2/c1-7(2)9(6-11(15)16)12-10(13)5-4-8(3)14-12/h4-5,7,9H,6H2,1-3H3,(H,15,16). The van der Waals surface area contributed by atoms with E-state index in [2.05, 4.69) is 4.98 Å². The first-order valence-electron chi connectivity index (χ1n) is 5.26. The third-order valence-corrected chi connectivity index (χ3v) is 2.88. The number of carbonyl (C=O) groups is 1. The van der Waals surface area contributed by atoms with Gasteiger partial charge in [0.2, 0.25) is 0 Å². The van der Waals surface area contributed by atoms with E-state index in [-0.39, 0.29) is 18.3 Å². The Balaban J connectivity index is 3.09. The fraction of sp³-hybridized carbons (Fsp3) is 0.500. The molecule has 0 fully saturated rings. The van der Waals surface area contributed by atoms with Crippen LogP contribution in [0.15, 0.2) is 12.1 Å². The average molecular weight is 242 g/mol. The SMILES string of the molecule is Cc1ccc(Cl)c(C(CC(=O)O)C(C)C)n1. The molecule has 88 valence electrons. The van der Waals surface area contributed by atoms with E-state index in [0.717, 1.165) is 5.69 Å². The molecule has 0 aromatic carbocycles. The molecule has 0 aliphatic rings. The molecule has 16 heavy (non-hydrogen) atoms. The van der Waals surface area contributed by atoms with Crippen LogP contribution < -0.4 is 0 Å². The molecule has 0 bridgehead atoms. The van der Waals surface area contributed by atoms with E-state index in [4.69, 9.17) is 16.7 Å². The van der Waals surface area contributed by atoms with Crippen LogP contribution in [0.25, 0.3) is 0 Å². The highest BCUT2D eigenvalue weighted by Crippen LogP contribution is 2.31. The highest BCUT2D eigenvalue weighted by atomic mass is 35.5. The van der Waals surface area contributed by atoms with Gasteiger partial charge in [-0.3, -0.25) is 9.78 Å². The normalized spacial score (nSPS) is 12.8. The van der Waals surface area contributed by atoms with E-state index in [1.807, 2.05) is 26.8 Å². The average Bonchev–Trinajstić information content (AvgIpc) is 2.18. The van der Waals surface area contributed by atoms with Crippen LogP contribution in [0, 0.1) is 12.8 Å². The molecule has 1 atom stereocenters. The van der Waals surface area contributed by atoms with E-state index in [1.165, 1.54) is 0 Å². The van der Waals surface area contributed by atoms with Gasteiger partial charge in [-0.15, -0.1) is 0 Å². The summed E-state index contributed by atoms with van der Waals surface area (Å²) < 4.78 is 0. The number of nitrogens with zero attached hydrogens (tertiary/aromatic N) is 1. The Morgan fingerprint density at radius 2 is 2.12 bits per heavy atom. The van der Waals surface area contributed by atoms with Crippen molar-refractivity contribution >= 4 is 17.6 Å². The number of aliphatic carboxylic acids is 1. The van der Waals surface area contributed by atoms with Crippen molar-refractivity contribution in [2.75, 3.05) is 0 Å². The van der Waals surface area contributed by atoms with Crippen LogP contribution in [0.3, 0.4) is 0 Å². The van der Waals surface area contributed by atoms with Gasteiger partial charge in [0.15, 0.2) is 0 Å². The summed E-state index contributed by atoms with van der Waals surface area (Å²) >= 11 is 6.06. The van der Waals surface area contributed by atoms with Gasteiger partial charge >= 0.3 is 5.97 Å². The summed E-state index contributed by atoms with van der Waals surface area (Å²) in [6.07, 6.45) is 0.0633. The highest BCUT2D eigenvalue weighted by Gasteiger charge is 2.23. The Labute approximate surface area is 100 Å². The van der Waals surface area contributed by atoms with Crippen molar-refractivity contribution in [1.82, 2.24) is 4.98 Å². The maximum Gasteiger partial charge on any atom is 0.304 e. The topological polar surface area (TPSA) is 50.2 Å². The molecular formula is C12H16ClNO2. The predicted molar refractivity (Wildman–Crippen MR) is 63.8 cm³/mol. The summed E-state index contributed by atoms with van der Waals surface area (Å²) in [5, 5.41) is 9.43. The van der Waals surface area contributed by atoms with Crippen molar-refractivity contribution in [3.63, 3.8) is 0 Å². The van der Waals surface area contributed by atoms with Crippen molar-refractivity contribution in [1.29, 1.82) is 0 Å². The minimum atomic E-state index is -0.821. The van der Waals surface area contributed by atoms with Gasteiger partial charge in [0.25, 0.3) is 0 Å². The molecule has 1 heterocycles. The first kappa shape index (κ1) is 13.0. The van der Waals surface area contributed by atoms with Gasteiger partial charge in [0, 0.05) is 11.6 Å². The van der Waals surface area contributed by atoms with Gasteiger partial charge in [-0.05, 0) is 25.0 Å². The molecule has 1 unspecified atom stereocenters. The number of aryl methyl sites for hydroxylation is 1. The summed E-state index contributed by atoms with van der Waals surface area (Å²) in [4.78, 5) is 15.2. The van der Waals surface area contributed by atoms with Crippen LogP contribution in [0.4, 0.5) is 0 Å². The molecule has 1 aromatic heterocycles. The van der Waals surface area contributed by atoms with Crippen LogP contribution in [-0.2, 0) is 4.79 Å². The number of rotatable bonds is 4. The summed E-state index contributed by atoms with van der Waals surface area (Å²) in [5.41, 5.74) is 1.55. The zero-order valence-electron chi connectivity index (χ0n) is 9.70. The molecule has 1 N–H and O–H groups in total. The second-order valence-electron chi connectivity index (χ2n) is 4.27. The minimum absolute atomic E-state index is 0.0633. The van der Waals surface area contributed by atoms with E-state index >= 15 is 0 Å². The van der Waals surface area contributed by atoms with E-state index < -0.39 is 5.97 Å². The number of carboxylic acids is 1. The number of halogens is 1. The molecule has 0 spiro atoms. The van der Waals surface area contributed by atoms with Gasteiger partial charge in [0.1, 0.15) is 0 Å². The van der Waals surface area contributed by atoms with E-state index in [9.17, 15) is 4.79 Å². The maximum absolute atomic E-state index is 10.8. The van der Waals surface area contributed by atoms with Crippen LogP contribution in [0.5, 0.6) is 0 Å². The summed E-state index contributed by atoms with van der Waals surface area (Å²) in [7, 11) is 0. The van der Waals surface area contributed by atoms with Gasteiger partial charge in [0.05, 0.1) is 17.1 Å². The minimum Gasteiger partial charge on any atom is -0.481 e. The van der Waals surface area contributed by atoms with Crippen molar-refractivity contribution in [2.45, 2.75) is 33.1 Å². The fourth-order valence-corrected chi connectivity index (χ4v) is 1.90. The zero-order chi connectivity index (χ0) is 12.3. The highest BCUT2D eigenvalue weighted by molar-refractivity contribution is 6.31. The van der Waals surface area contributed by atoms with Crippen LogP contribution in [0.1, 0.15) is 37.6 Å². The number of carboxylic acid groups (broad SMARTS) is 1. The van der Waals surface area contributed by atoms with Gasteiger partial charge in [-0.25, -0.2) is 0 Å².